The second kappa shape index (κ2) is 58.1. The molecule has 0 saturated heterocycles. The van der Waals surface area contributed by atoms with Crippen LogP contribution in [0.4, 0.5) is 0 Å². The number of hydrogen-bond acceptors (Lipinski definition) is 6. The Kier molecular flexibility index (Phi) is 60.3. The van der Waals surface area contributed by atoms with Crippen molar-refractivity contribution >= 4 is 17.9 Å². The standard InChI is InChI=1S/C19H38O4.C18H34O2.C16H32O2/c1-2-3-4-5-6-7-8-9-10-11-12-13-14-15-19(22)23-17-18(21)16-20;1-2-3-4-5-6-7-8-9-10-11-12-13-14-15-16-17-18(19)20;1-2-3-4-5-6-7-8-9-10-11-12-13-14-15-16(17)18/h18,20-21H,2-17H2,1H3;9-10H,2-8,11-17H2,1H3,(H,19,20);2-15H2,1H3,(H,17,18)/b;10-9-;. The van der Waals surface area contributed by atoms with E-state index in [2.05, 4.69) is 32.9 Å². The maximum atomic E-state index is 11.3. The summed E-state index contributed by atoms with van der Waals surface area (Å²) in [6.45, 7) is 6.30. The highest BCUT2D eigenvalue weighted by Gasteiger charge is 2.07. The first kappa shape index (κ1) is 63.4. The number of carbonyl (C=O) groups excluding carboxylic acids is 1. The van der Waals surface area contributed by atoms with Gasteiger partial charge in [-0.15, -0.1) is 0 Å². The molecular weight excluding hydrogens is 765 g/mol. The summed E-state index contributed by atoms with van der Waals surface area (Å²) in [5.74, 6) is -1.60. The summed E-state index contributed by atoms with van der Waals surface area (Å²) >= 11 is 0. The highest BCUT2D eigenvalue weighted by Crippen LogP contribution is 2.15. The molecule has 0 fully saturated rings. The smallest absolute Gasteiger partial charge is 0.305 e. The Hall–Kier alpha value is -1.93. The third-order valence-electron chi connectivity index (χ3n) is 11.3. The number of aliphatic carboxylic acids is 2. The molecule has 0 aliphatic heterocycles. The average Bonchev–Trinajstić information content (AvgIpc) is 3.25. The molecule has 0 aromatic carbocycles. The fraction of sp³-hybridized carbons (Fsp3) is 0.906. The fourth-order valence-electron chi connectivity index (χ4n) is 7.24. The summed E-state index contributed by atoms with van der Waals surface area (Å²) in [5, 5.41) is 34.7. The number of carboxylic acid groups (broad SMARTS) is 2. The molecule has 8 nitrogen and oxygen atoms in total. The molecule has 0 radical (unpaired) electrons. The van der Waals surface area contributed by atoms with Gasteiger partial charge in [-0.1, -0.05) is 238 Å². The zero-order valence-corrected chi connectivity index (χ0v) is 40.8. The molecule has 61 heavy (non-hydrogen) atoms. The molecule has 0 spiro atoms. The Labute approximate surface area is 378 Å². The molecule has 0 heterocycles. The van der Waals surface area contributed by atoms with E-state index < -0.39 is 18.0 Å². The van der Waals surface area contributed by atoms with Crippen molar-refractivity contribution < 1.29 is 39.5 Å². The van der Waals surface area contributed by atoms with Crippen molar-refractivity contribution in [3.05, 3.63) is 12.2 Å². The van der Waals surface area contributed by atoms with E-state index in [1.54, 1.807) is 0 Å². The van der Waals surface area contributed by atoms with Crippen LogP contribution in [0, 0.1) is 0 Å². The first-order valence-electron chi connectivity index (χ1n) is 26.3. The second-order valence-electron chi connectivity index (χ2n) is 17.6. The number of unbranched alkanes of at least 4 members (excludes halogenated alkanes) is 35. The maximum absolute atomic E-state index is 11.3. The van der Waals surface area contributed by atoms with Gasteiger partial charge in [0.25, 0.3) is 0 Å². The van der Waals surface area contributed by atoms with Gasteiger partial charge in [-0.2, -0.15) is 0 Å². The second-order valence-corrected chi connectivity index (χ2v) is 17.6. The minimum atomic E-state index is -0.953. The highest BCUT2D eigenvalue weighted by molar-refractivity contribution is 5.69. The van der Waals surface area contributed by atoms with Gasteiger partial charge in [0.1, 0.15) is 12.7 Å². The van der Waals surface area contributed by atoms with Crippen LogP contribution < -0.4 is 0 Å². The van der Waals surface area contributed by atoms with Gasteiger partial charge >= 0.3 is 17.9 Å². The number of carboxylic acids is 2. The quantitative estimate of drug-likeness (QED) is 0.0269. The summed E-state index contributed by atoms with van der Waals surface area (Å²) in [4.78, 5) is 32.0. The van der Waals surface area contributed by atoms with E-state index in [0.717, 1.165) is 38.5 Å². The van der Waals surface area contributed by atoms with E-state index in [1.165, 1.54) is 212 Å². The summed E-state index contributed by atoms with van der Waals surface area (Å²) in [6.07, 6.45) is 54.6. The van der Waals surface area contributed by atoms with Crippen LogP contribution in [-0.4, -0.2) is 57.7 Å². The lowest BCUT2D eigenvalue weighted by molar-refractivity contribution is -0.147. The van der Waals surface area contributed by atoms with Crippen molar-refractivity contribution in [1.29, 1.82) is 0 Å². The summed E-state index contributed by atoms with van der Waals surface area (Å²) in [7, 11) is 0. The van der Waals surface area contributed by atoms with Crippen LogP contribution in [0.5, 0.6) is 0 Å². The molecule has 0 rings (SSSR count). The SMILES string of the molecule is CCCCCCCC/C=C\CCCCCCCC(=O)O.CCCCCCCCCCCCCCCC(=O)O.CCCCCCCCCCCCCCCC(=O)OCC(O)CO. The van der Waals surface area contributed by atoms with E-state index in [-0.39, 0.29) is 19.2 Å². The monoisotopic (exact) mass is 869 g/mol. The van der Waals surface area contributed by atoms with Crippen molar-refractivity contribution in [2.24, 2.45) is 0 Å². The van der Waals surface area contributed by atoms with Crippen LogP contribution in [-0.2, 0) is 19.1 Å². The number of allylic oxidation sites excluding steroid dienone is 2. The van der Waals surface area contributed by atoms with Crippen LogP contribution in [0.1, 0.15) is 290 Å². The Morgan fingerprint density at radius 1 is 0.393 bits per heavy atom. The number of aliphatic hydroxyl groups is 2. The number of hydrogen-bond donors (Lipinski definition) is 4. The van der Waals surface area contributed by atoms with E-state index in [0.29, 0.717) is 19.3 Å². The van der Waals surface area contributed by atoms with E-state index in [9.17, 15) is 14.4 Å². The normalized spacial score (nSPS) is 11.5. The van der Waals surface area contributed by atoms with Crippen LogP contribution in [0.3, 0.4) is 0 Å². The lowest BCUT2D eigenvalue weighted by atomic mass is 10.0. The van der Waals surface area contributed by atoms with Gasteiger partial charge in [0.2, 0.25) is 0 Å². The number of carbonyl (C=O) groups is 3. The van der Waals surface area contributed by atoms with Gasteiger partial charge < -0.3 is 25.2 Å². The van der Waals surface area contributed by atoms with Gasteiger partial charge in [-0.3, -0.25) is 14.4 Å². The number of ether oxygens (including phenoxy) is 1. The predicted octanol–water partition coefficient (Wildman–Crippen LogP) is 16.0. The first-order chi connectivity index (χ1) is 29.7. The average molecular weight is 869 g/mol. The topological polar surface area (TPSA) is 141 Å². The van der Waals surface area contributed by atoms with E-state index >= 15 is 0 Å². The van der Waals surface area contributed by atoms with E-state index in [4.69, 9.17) is 25.2 Å². The molecule has 364 valence electrons. The van der Waals surface area contributed by atoms with Crippen LogP contribution in [0.2, 0.25) is 0 Å². The Balaban J connectivity index is -0.000000834. The molecule has 0 bridgehead atoms. The largest absolute Gasteiger partial charge is 0.481 e. The van der Waals surface area contributed by atoms with Gasteiger partial charge in [0.15, 0.2) is 0 Å². The molecule has 0 aliphatic carbocycles. The van der Waals surface area contributed by atoms with Crippen molar-refractivity contribution in [2.75, 3.05) is 13.2 Å². The molecule has 4 N–H and O–H groups in total. The molecule has 0 amide bonds. The third kappa shape index (κ3) is 67.3. The molecule has 8 heteroatoms. The number of esters is 1. The Morgan fingerprint density at radius 3 is 0.902 bits per heavy atom. The maximum Gasteiger partial charge on any atom is 0.305 e. The zero-order valence-electron chi connectivity index (χ0n) is 40.8. The third-order valence-corrected chi connectivity index (χ3v) is 11.3. The molecule has 0 aromatic rings. The van der Waals surface area contributed by atoms with Crippen LogP contribution in [0.25, 0.3) is 0 Å². The molecule has 0 aliphatic rings. The van der Waals surface area contributed by atoms with Crippen LogP contribution >= 0.6 is 0 Å². The van der Waals surface area contributed by atoms with Crippen molar-refractivity contribution in [3.8, 4) is 0 Å². The minimum absolute atomic E-state index is 0.103. The highest BCUT2D eigenvalue weighted by atomic mass is 16.5. The van der Waals surface area contributed by atoms with Gasteiger partial charge in [-0.05, 0) is 44.9 Å². The van der Waals surface area contributed by atoms with Gasteiger partial charge in [-0.25, -0.2) is 0 Å². The fourth-order valence-corrected chi connectivity index (χ4v) is 7.24. The van der Waals surface area contributed by atoms with Gasteiger partial charge in [0, 0.05) is 19.3 Å². The Morgan fingerprint density at radius 2 is 0.639 bits per heavy atom. The lowest BCUT2D eigenvalue weighted by Crippen LogP contribution is -2.21. The Bertz CT molecular complexity index is 891. The van der Waals surface area contributed by atoms with Crippen LogP contribution in [0.15, 0.2) is 12.2 Å². The molecule has 0 saturated carbocycles. The number of aliphatic hydroxyl groups excluding tert-OH is 2. The van der Waals surface area contributed by atoms with Gasteiger partial charge in [0.05, 0.1) is 6.61 Å². The van der Waals surface area contributed by atoms with Crippen molar-refractivity contribution in [3.63, 3.8) is 0 Å². The zero-order chi connectivity index (χ0) is 45.5. The molecule has 1 unspecified atom stereocenters. The number of rotatable bonds is 46. The van der Waals surface area contributed by atoms with Crippen molar-refractivity contribution in [1.82, 2.24) is 0 Å². The summed E-state index contributed by atoms with van der Waals surface area (Å²) < 4.78 is 4.85. The molecular formula is C53H104O8. The summed E-state index contributed by atoms with van der Waals surface area (Å²) in [6, 6.07) is 0. The summed E-state index contributed by atoms with van der Waals surface area (Å²) in [5.41, 5.74) is 0. The molecule has 1 atom stereocenters. The lowest BCUT2D eigenvalue weighted by Gasteiger charge is -2.08. The minimum Gasteiger partial charge on any atom is -0.481 e. The first-order valence-corrected chi connectivity index (χ1v) is 26.3. The predicted molar refractivity (Wildman–Crippen MR) is 259 cm³/mol. The van der Waals surface area contributed by atoms with Crippen molar-refractivity contribution in [2.45, 2.75) is 297 Å². The van der Waals surface area contributed by atoms with E-state index in [1.807, 2.05) is 0 Å². The molecule has 0 aromatic heterocycles.